The predicted molar refractivity (Wildman–Crippen MR) is 68.4 cm³/mol. The second kappa shape index (κ2) is 5.92. The quantitative estimate of drug-likeness (QED) is 0.789. The number of thioether (sulfide) groups is 1. The van der Waals surface area contributed by atoms with Gasteiger partial charge in [-0.3, -0.25) is 4.79 Å². The topological polar surface area (TPSA) is 55.1 Å². The van der Waals surface area contributed by atoms with Crippen molar-refractivity contribution in [3.8, 4) is 0 Å². The molecule has 1 aliphatic heterocycles. The summed E-state index contributed by atoms with van der Waals surface area (Å²) < 4.78 is 0. The van der Waals surface area contributed by atoms with Gasteiger partial charge in [0.25, 0.3) is 0 Å². The Bertz CT molecular complexity index is 233. The fraction of sp³-hybridized carbons (Fsp3) is 0.917. The van der Waals surface area contributed by atoms with E-state index in [1.165, 1.54) is 18.6 Å². The third kappa shape index (κ3) is 3.39. The van der Waals surface area contributed by atoms with Crippen molar-refractivity contribution in [3.63, 3.8) is 0 Å². The molecule has 1 saturated carbocycles. The molecule has 0 spiro atoms. The van der Waals surface area contributed by atoms with Gasteiger partial charge >= 0.3 is 0 Å². The SMILES string of the molecule is NC1CCC(C(=O)NCC2CCCS2)CC1. The molecule has 0 radical (unpaired) electrons. The van der Waals surface area contributed by atoms with Gasteiger partial charge in [-0.2, -0.15) is 11.8 Å². The second-order valence-corrected chi connectivity index (χ2v) is 6.40. The summed E-state index contributed by atoms with van der Waals surface area (Å²) >= 11 is 2.00. The molecule has 3 nitrogen and oxygen atoms in total. The zero-order chi connectivity index (χ0) is 11.4. The Morgan fingerprint density at radius 2 is 2.00 bits per heavy atom. The highest BCUT2D eigenvalue weighted by molar-refractivity contribution is 8.00. The molecule has 0 aromatic heterocycles. The van der Waals surface area contributed by atoms with Crippen molar-refractivity contribution in [1.82, 2.24) is 5.32 Å². The Kier molecular flexibility index (Phi) is 4.53. The molecule has 2 rings (SSSR count). The number of hydrogen-bond acceptors (Lipinski definition) is 3. The van der Waals surface area contributed by atoms with Crippen LogP contribution in [0.25, 0.3) is 0 Å². The van der Waals surface area contributed by atoms with Crippen molar-refractivity contribution in [2.24, 2.45) is 11.7 Å². The van der Waals surface area contributed by atoms with Crippen LogP contribution < -0.4 is 11.1 Å². The zero-order valence-corrected chi connectivity index (χ0v) is 10.6. The summed E-state index contributed by atoms with van der Waals surface area (Å²) in [6.07, 6.45) is 6.55. The summed E-state index contributed by atoms with van der Waals surface area (Å²) in [6.45, 7) is 0.867. The molecule has 1 unspecified atom stereocenters. The van der Waals surface area contributed by atoms with E-state index in [4.69, 9.17) is 5.73 Å². The maximum atomic E-state index is 11.9. The number of carbonyl (C=O) groups excluding carboxylic acids is 1. The van der Waals surface area contributed by atoms with Gasteiger partial charge in [0.15, 0.2) is 0 Å². The molecule has 0 aromatic carbocycles. The minimum absolute atomic E-state index is 0.228. The molecule has 1 atom stereocenters. The number of rotatable bonds is 3. The third-order valence-corrected chi connectivity index (χ3v) is 5.07. The van der Waals surface area contributed by atoms with Crippen LogP contribution in [0.2, 0.25) is 0 Å². The monoisotopic (exact) mass is 242 g/mol. The standard InChI is InChI=1S/C12H22N2OS/c13-10-5-3-9(4-6-10)12(15)14-8-11-2-1-7-16-11/h9-11H,1-8,13H2,(H,14,15). The van der Waals surface area contributed by atoms with Gasteiger partial charge < -0.3 is 11.1 Å². The molecule has 2 fully saturated rings. The first kappa shape index (κ1) is 12.2. The van der Waals surface area contributed by atoms with Crippen LogP contribution in [0.3, 0.4) is 0 Å². The average molecular weight is 242 g/mol. The summed E-state index contributed by atoms with van der Waals surface area (Å²) in [7, 11) is 0. The van der Waals surface area contributed by atoms with Crippen LogP contribution in [0, 0.1) is 5.92 Å². The molecule has 1 aliphatic carbocycles. The van der Waals surface area contributed by atoms with Crippen molar-refractivity contribution >= 4 is 17.7 Å². The number of carbonyl (C=O) groups is 1. The minimum atomic E-state index is 0.228. The Morgan fingerprint density at radius 1 is 1.25 bits per heavy atom. The van der Waals surface area contributed by atoms with Crippen molar-refractivity contribution in [3.05, 3.63) is 0 Å². The highest BCUT2D eigenvalue weighted by Crippen LogP contribution is 2.26. The summed E-state index contributed by atoms with van der Waals surface area (Å²) in [4.78, 5) is 11.9. The van der Waals surface area contributed by atoms with Crippen LogP contribution in [0.5, 0.6) is 0 Å². The molecule has 16 heavy (non-hydrogen) atoms. The van der Waals surface area contributed by atoms with Crippen LogP contribution in [0.15, 0.2) is 0 Å². The van der Waals surface area contributed by atoms with E-state index in [9.17, 15) is 4.79 Å². The summed E-state index contributed by atoms with van der Waals surface area (Å²) in [5.74, 6) is 1.75. The fourth-order valence-corrected chi connectivity index (χ4v) is 3.75. The summed E-state index contributed by atoms with van der Waals surface area (Å²) in [5.41, 5.74) is 5.84. The Balaban J connectivity index is 1.67. The maximum Gasteiger partial charge on any atom is 0.223 e. The zero-order valence-electron chi connectivity index (χ0n) is 9.78. The van der Waals surface area contributed by atoms with Gasteiger partial charge in [0, 0.05) is 23.8 Å². The minimum Gasteiger partial charge on any atom is -0.355 e. The molecule has 3 N–H and O–H groups in total. The van der Waals surface area contributed by atoms with Gasteiger partial charge in [0.05, 0.1) is 0 Å². The predicted octanol–water partition coefficient (Wildman–Crippen LogP) is 1.52. The van der Waals surface area contributed by atoms with Gasteiger partial charge in [-0.15, -0.1) is 0 Å². The first-order valence-corrected chi connectivity index (χ1v) is 7.45. The molecular weight excluding hydrogens is 220 g/mol. The highest BCUT2D eigenvalue weighted by atomic mass is 32.2. The van der Waals surface area contributed by atoms with Crippen LogP contribution >= 0.6 is 11.8 Å². The van der Waals surface area contributed by atoms with Gasteiger partial charge in [0.1, 0.15) is 0 Å². The first-order chi connectivity index (χ1) is 7.75. The van der Waals surface area contributed by atoms with Crippen LogP contribution in [-0.2, 0) is 4.79 Å². The highest BCUT2D eigenvalue weighted by Gasteiger charge is 2.25. The molecule has 2 aliphatic rings. The van der Waals surface area contributed by atoms with Crippen molar-refractivity contribution in [1.29, 1.82) is 0 Å². The van der Waals surface area contributed by atoms with E-state index in [0.29, 0.717) is 11.3 Å². The average Bonchev–Trinajstić information content (AvgIpc) is 2.80. The molecule has 1 saturated heterocycles. The second-order valence-electron chi connectivity index (χ2n) is 4.99. The van der Waals surface area contributed by atoms with E-state index in [1.807, 2.05) is 11.8 Å². The number of nitrogens with two attached hydrogens (primary N) is 1. The Labute approximate surface area is 102 Å². The van der Waals surface area contributed by atoms with Crippen LogP contribution in [0.1, 0.15) is 38.5 Å². The summed E-state index contributed by atoms with van der Waals surface area (Å²) in [5, 5.41) is 3.77. The van der Waals surface area contributed by atoms with E-state index >= 15 is 0 Å². The molecule has 0 bridgehead atoms. The van der Waals surface area contributed by atoms with Crippen LogP contribution in [-0.4, -0.2) is 29.5 Å². The van der Waals surface area contributed by atoms with E-state index < -0.39 is 0 Å². The summed E-state index contributed by atoms with van der Waals surface area (Å²) in [6, 6.07) is 0.328. The number of amides is 1. The molecule has 1 heterocycles. The lowest BCUT2D eigenvalue weighted by Gasteiger charge is -2.25. The molecule has 1 amide bonds. The van der Waals surface area contributed by atoms with Crippen molar-refractivity contribution < 1.29 is 4.79 Å². The van der Waals surface area contributed by atoms with Gasteiger partial charge in [0.2, 0.25) is 5.91 Å². The van der Waals surface area contributed by atoms with Crippen molar-refractivity contribution in [2.75, 3.05) is 12.3 Å². The lowest BCUT2D eigenvalue weighted by atomic mass is 9.86. The first-order valence-electron chi connectivity index (χ1n) is 6.40. The van der Waals surface area contributed by atoms with Gasteiger partial charge in [-0.25, -0.2) is 0 Å². The fourth-order valence-electron chi connectivity index (χ4n) is 2.55. The van der Waals surface area contributed by atoms with E-state index in [1.54, 1.807) is 0 Å². The van der Waals surface area contributed by atoms with Crippen molar-refractivity contribution in [2.45, 2.75) is 49.8 Å². The van der Waals surface area contributed by atoms with E-state index in [2.05, 4.69) is 5.32 Å². The van der Waals surface area contributed by atoms with Gasteiger partial charge in [-0.05, 0) is 44.3 Å². The van der Waals surface area contributed by atoms with Gasteiger partial charge in [-0.1, -0.05) is 0 Å². The molecule has 92 valence electrons. The third-order valence-electron chi connectivity index (χ3n) is 3.67. The Hall–Kier alpha value is -0.220. The number of nitrogens with one attached hydrogen (secondary N) is 1. The van der Waals surface area contributed by atoms with Crippen LogP contribution in [0.4, 0.5) is 0 Å². The maximum absolute atomic E-state index is 11.9. The molecule has 0 aromatic rings. The molecule has 4 heteroatoms. The molecular formula is C12H22N2OS. The Morgan fingerprint density at radius 3 is 2.62 bits per heavy atom. The lowest BCUT2D eigenvalue weighted by Crippen LogP contribution is -2.38. The largest absolute Gasteiger partial charge is 0.355 e. The number of hydrogen-bond donors (Lipinski definition) is 2. The lowest BCUT2D eigenvalue weighted by molar-refractivity contribution is -0.125. The van der Waals surface area contributed by atoms with E-state index in [-0.39, 0.29) is 11.8 Å². The smallest absolute Gasteiger partial charge is 0.223 e. The van der Waals surface area contributed by atoms with E-state index in [0.717, 1.165) is 32.2 Å². The normalized spacial score (nSPS) is 34.9.